The fraction of sp³-hybridized carbons (Fsp3) is 0.409. The Morgan fingerprint density at radius 3 is 2.76 bits per heavy atom. The number of fused-ring (bicyclic) bond motifs is 2. The SMILES string of the molecule is Cc1nn(C)c2nc(C(C)C)cc(C(=O)N(C)C[C@@H]3COc4ccccc4O3)c12. The van der Waals surface area contributed by atoms with E-state index in [1.807, 2.05) is 44.3 Å². The molecule has 0 N–H and O–H groups in total. The van der Waals surface area contributed by atoms with E-state index in [-0.39, 0.29) is 17.9 Å². The number of carbonyl (C=O) groups is 1. The van der Waals surface area contributed by atoms with Gasteiger partial charge in [-0.05, 0) is 31.0 Å². The normalized spacial score (nSPS) is 15.7. The molecule has 0 spiro atoms. The van der Waals surface area contributed by atoms with Gasteiger partial charge in [0.25, 0.3) is 5.91 Å². The van der Waals surface area contributed by atoms with Crippen molar-refractivity contribution in [2.24, 2.45) is 7.05 Å². The number of aryl methyl sites for hydroxylation is 2. The molecule has 1 aliphatic rings. The van der Waals surface area contributed by atoms with Gasteiger partial charge >= 0.3 is 0 Å². The summed E-state index contributed by atoms with van der Waals surface area (Å²) in [5, 5.41) is 5.28. The number of hydrogen-bond acceptors (Lipinski definition) is 5. The molecular weight excluding hydrogens is 368 g/mol. The number of aromatic nitrogens is 3. The Labute approximate surface area is 170 Å². The first-order valence-electron chi connectivity index (χ1n) is 9.83. The van der Waals surface area contributed by atoms with Crippen LogP contribution in [0.1, 0.15) is 41.5 Å². The molecule has 7 heteroatoms. The number of amides is 1. The van der Waals surface area contributed by atoms with Gasteiger partial charge in [-0.3, -0.25) is 9.48 Å². The minimum absolute atomic E-state index is 0.0714. The average Bonchev–Trinajstić information content (AvgIpc) is 3.00. The Morgan fingerprint density at radius 1 is 1.31 bits per heavy atom. The molecule has 0 unspecified atom stereocenters. The van der Waals surface area contributed by atoms with Crippen molar-refractivity contribution in [3.63, 3.8) is 0 Å². The molecule has 3 aromatic rings. The van der Waals surface area contributed by atoms with E-state index < -0.39 is 0 Å². The molecule has 0 aliphatic carbocycles. The highest BCUT2D eigenvalue weighted by molar-refractivity contribution is 6.06. The second-order valence-electron chi connectivity index (χ2n) is 7.84. The molecular formula is C22H26N4O3. The lowest BCUT2D eigenvalue weighted by Crippen LogP contribution is -2.41. The molecule has 0 saturated carbocycles. The standard InChI is InChI=1S/C22H26N4O3/c1-13(2)17-10-16(20-14(3)24-26(5)21(20)23-17)22(27)25(4)11-15-12-28-18-8-6-7-9-19(18)29-15/h6-10,13,15H,11-12H2,1-5H3/t15-/m1/s1. The van der Waals surface area contributed by atoms with Gasteiger partial charge in [0.05, 0.1) is 23.2 Å². The number of likely N-dealkylation sites (N-methyl/N-ethyl adjacent to an activating group) is 1. The number of rotatable bonds is 4. The molecule has 0 saturated heterocycles. The van der Waals surface area contributed by atoms with Crippen molar-refractivity contribution in [2.45, 2.75) is 32.8 Å². The van der Waals surface area contributed by atoms with Crippen LogP contribution in [0.4, 0.5) is 0 Å². The maximum absolute atomic E-state index is 13.4. The number of ether oxygens (including phenoxy) is 2. The van der Waals surface area contributed by atoms with Crippen LogP contribution in [0.3, 0.4) is 0 Å². The highest BCUT2D eigenvalue weighted by Gasteiger charge is 2.26. The number of hydrogen-bond donors (Lipinski definition) is 0. The lowest BCUT2D eigenvalue weighted by molar-refractivity contribution is 0.0522. The zero-order valence-electron chi connectivity index (χ0n) is 17.5. The molecule has 3 heterocycles. The topological polar surface area (TPSA) is 69.5 Å². The number of para-hydroxylation sites is 2. The maximum Gasteiger partial charge on any atom is 0.254 e. The summed E-state index contributed by atoms with van der Waals surface area (Å²) in [5.74, 6) is 1.58. The maximum atomic E-state index is 13.4. The van der Waals surface area contributed by atoms with E-state index >= 15 is 0 Å². The largest absolute Gasteiger partial charge is 0.486 e. The third-order valence-electron chi connectivity index (χ3n) is 5.20. The van der Waals surface area contributed by atoms with Gasteiger partial charge in [-0.2, -0.15) is 5.10 Å². The van der Waals surface area contributed by atoms with Gasteiger partial charge in [0.2, 0.25) is 0 Å². The van der Waals surface area contributed by atoms with Crippen molar-refractivity contribution in [3.8, 4) is 11.5 Å². The number of benzene rings is 1. The highest BCUT2D eigenvalue weighted by Crippen LogP contribution is 2.31. The van der Waals surface area contributed by atoms with Gasteiger partial charge in [0.15, 0.2) is 23.3 Å². The second-order valence-corrected chi connectivity index (χ2v) is 7.84. The van der Waals surface area contributed by atoms with Gasteiger partial charge < -0.3 is 14.4 Å². The molecule has 1 aliphatic heterocycles. The van der Waals surface area contributed by atoms with E-state index in [1.165, 1.54) is 0 Å². The Bertz CT molecular complexity index is 1070. The zero-order valence-corrected chi connectivity index (χ0v) is 17.5. The smallest absolute Gasteiger partial charge is 0.254 e. The van der Waals surface area contributed by atoms with E-state index in [4.69, 9.17) is 14.5 Å². The summed E-state index contributed by atoms with van der Waals surface area (Å²) < 4.78 is 13.5. The van der Waals surface area contributed by atoms with Crippen LogP contribution < -0.4 is 9.47 Å². The van der Waals surface area contributed by atoms with Crippen molar-refractivity contribution in [1.29, 1.82) is 0 Å². The molecule has 152 valence electrons. The molecule has 4 rings (SSSR count). The lowest BCUT2D eigenvalue weighted by atomic mass is 10.0. The number of nitrogens with zero attached hydrogens (tertiary/aromatic N) is 4. The summed E-state index contributed by atoms with van der Waals surface area (Å²) in [6.45, 7) is 6.88. The van der Waals surface area contributed by atoms with Crippen LogP contribution in [0.2, 0.25) is 0 Å². The summed E-state index contributed by atoms with van der Waals surface area (Å²) >= 11 is 0. The predicted octanol–water partition coefficient (Wildman–Crippen LogP) is 3.31. The molecule has 1 aromatic carbocycles. The van der Waals surface area contributed by atoms with Gasteiger partial charge in [-0.1, -0.05) is 26.0 Å². The Hall–Kier alpha value is -3.09. The first-order valence-corrected chi connectivity index (χ1v) is 9.83. The summed E-state index contributed by atoms with van der Waals surface area (Å²) in [5.41, 5.74) is 3.04. The van der Waals surface area contributed by atoms with Crippen LogP contribution in [0.5, 0.6) is 11.5 Å². The lowest BCUT2D eigenvalue weighted by Gasteiger charge is -2.29. The summed E-state index contributed by atoms with van der Waals surface area (Å²) in [4.78, 5) is 19.8. The minimum Gasteiger partial charge on any atom is -0.486 e. The highest BCUT2D eigenvalue weighted by atomic mass is 16.6. The molecule has 1 amide bonds. The van der Waals surface area contributed by atoms with Crippen molar-refractivity contribution in [2.75, 3.05) is 20.2 Å². The number of carbonyl (C=O) groups excluding carboxylic acids is 1. The molecule has 0 fully saturated rings. The van der Waals surface area contributed by atoms with Crippen molar-refractivity contribution >= 4 is 16.9 Å². The van der Waals surface area contributed by atoms with Crippen LogP contribution in [-0.2, 0) is 7.05 Å². The van der Waals surface area contributed by atoms with Crippen LogP contribution in [-0.4, -0.2) is 51.9 Å². The summed E-state index contributed by atoms with van der Waals surface area (Å²) in [6, 6.07) is 9.48. The summed E-state index contributed by atoms with van der Waals surface area (Å²) in [6.07, 6.45) is -0.226. The molecule has 7 nitrogen and oxygen atoms in total. The van der Waals surface area contributed by atoms with Crippen LogP contribution in [0, 0.1) is 6.92 Å². The zero-order chi connectivity index (χ0) is 20.7. The van der Waals surface area contributed by atoms with E-state index in [0.29, 0.717) is 24.5 Å². The molecule has 0 radical (unpaired) electrons. The predicted molar refractivity (Wildman–Crippen MR) is 111 cm³/mol. The molecule has 29 heavy (non-hydrogen) atoms. The Morgan fingerprint density at radius 2 is 2.03 bits per heavy atom. The van der Waals surface area contributed by atoms with E-state index in [1.54, 1.807) is 16.6 Å². The fourth-order valence-electron chi connectivity index (χ4n) is 3.68. The van der Waals surface area contributed by atoms with Gasteiger partial charge in [-0.25, -0.2) is 4.98 Å². The van der Waals surface area contributed by atoms with Crippen molar-refractivity contribution in [1.82, 2.24) is 19.7 Å². The first kappa shape index (κ1) is 19.2. The first-order chi connectivity index (χ1) is 13.8. The van der Waals surface area contributed by atoms with Gasteiger partial charge in [0, 0.05) is 19.8 Å². The Balaban J connectivity index is 1.61. The third-order valence-corrected chi connectivity index (χ3v) is 5.20. The minimum atomic E-state index is -0.226. The monoisotopic (exact) mass is 394 g/mol. The quantitative estimate of drug-likeness (QED) is 0.679. The van der Waals surface area contributed by atoms with Crippen LogP contribution in [0.15, 0.2) is 30.3 Å². The van der Waals surface area contributed by atoms with E-state index in [0.717, 1.165) is 28.2 Å². The van der Waals surface area contributed by atoms with Crippen molar-refractivity contribution in [3.05, 3.63) is 47.3 Å². The van der Waals surface area contributed by atoms with Crippen LogP contribution in [0.25, 0.3) is 11.0 Å². The average molecular weight is 394 g/mol. The Kier molecular flexibility index (Phi) is 4.90. The number of pyridine rings is 1. The molecule has 0 bridgehead atoms. The fourth-order valence-corrected chi connectivity index (χ4v) is 3.68. The third kappa shape index (κ3) is 3.52. The van der Waals surface area contributed by atoms with Gasteiger partial charge in [0.1, 0.15) is 6.61 Å². The molecule has 2 aromatic heterocycles. The second kappa shape index (κ2) is 7.39. The summed E-state index contributed by atoms with van der Waals surface area (Å²) in [7, 11) is 3.65. The van der Waals surface area contributed by atoms with E-state index in [9.17, 15) is 4.79 Å². The molecule has 1 atom stereocenters. The van der Waals surface area contributed by atoms with Crippen LogP contribution >= 0.6 is 0 Å². The van der Waals surface area contributed by atoms with Crippen molar-refractivity contribution < 1.29 is 14.3 Å². The van der Waals surface area contributed by atoms with E-state index in [2.05, 4.69) is 18.9 Å². The van der Waals surface area contributed by atoms with Gasteiger partial charge in [-0.15, -0.1) is 0 Å².